The van der Waals surface area contributed by atoms with Crippen molar-refractivity contribution in [2.45, 2.75) is 44.6 Å². The van der Waals surface area contributed by atoms with Crippen LogP contribution in [0.2, 0.25) is 0 Å². The van der Waals surface area contributed by atoms with Gasteiger partial charge in [-0.25, -0.2) is 4.79 Å². The molecule has 1 unspecified atom stereocenters. The van der Waals surface area contributed by atoms with Crippen molar-refractivity contribution < 1.29 is 19.8 Å². The van der Waals surface area contributed by atoms with E-state index in [1.807, 2.05) is 0 Å². The van der Waals surface area contributed by atoms with Crippen LogP contribution in [0.4, 0.5) is 4.79 Å². The number of amides is 2. The molecule has 2 amide bonds. The first-order chi connectivity index (χ1) is 9.37. The summed E-state index contributed by atoms with van der Waals surface area (Å²) in [5, 5.41) is 19.0. The molecule has 1 saturated heterocycles. The number of hydrogen-bond donors (Lipinski definition) is 2. The molecular weight excluding hydrogens is 260 g/mol. The SMILES string of the molecule is CC1(O)CCCN(C(=O)N(CC(=O)O)CC2CC2)CC1. The molecule has 0 aromatic heterocycles. The fourth-order valence-corrected chi connectivity index (χ4v) is 2.64. The molecule has 2 N–H and O–H groups in total. The monoisotopic (exact) mass is 284 g/mol. The van der Waals surface area contributed by atoms with Gasteiger partial charge in [0.15, 0.2) is 0 Å². The second kappa shape index (κ2) is 5.99. The Bertz CT molecular complexity index is 379. The van der Waals surface area contributed by atoms with Gasteiger partial charge in [-0.05, 0) is 44.9 Å². The van der Waals surface area contributed by atoms with Gasteiger partial charge in [0.25, 0.3) is 0 Å². The van der Waals surface area contributed by atoms with E-state index in [4.69, 9.17) is 5.11 Å². The van der Waals surface area contributed by atoms with Crippen molar-refractivity contribution in [3.05, 3.63) is 0 Å². The first kappa shape index (κ1) is 15.1. The van der Waals surface area contributed by atoms with Gasteiger partial charge in [-0.2, -0.15) is 0 Å². The Morgan fingerprint density at radius 1 is 1.30 bits per heavy atom. The van der Waals surface area contributed by atoms with Crippen molar-refractivity contribution in [3.8, 4) is 0 Å². The highest BCUT2D eigenvalue weighted by Crippen LogP contribution is 2.30. The van der Waals surface area contributed by atoms with Gasteiger partial charge in [0.2, 0.25) is 0 Å². The minimum Gasteiger partial charge on any atom is -0.480 e. The molecule has 0 bridgehead atoms. The van der Waals surface area contributed by atoms with E-state index in [1.165, 1.54) is 4.90 Å². The van der Waals surface area contributed by atoms with Gasteiger partial charge in [-0.15, -0.1) is 0 Å². The number of likely N-dealkylation sites (tertiary alicyclic amines) is 1. The topological polar surface area (TPSA) is 81.1 Å². The van der Waals surface area contributed by atoms with Crippen molar-refractivity contribution in [1.82, 2.24) is 9.80 Å². The molecule has 6 nitrogen and oxygen atoms in total. The van der Waals surface area contributed by atoms with E-state index in [9.17, 15) is 14.7 Å². The van der Waals surface area contributed by atoms with Crippen LogP contribution in [0, 0.1) is 5.92 Å². The van der Waals surface area contributed by atoms with Gasteiger partial charge in [0.05, 0.1) is 5.60 Å². The third-order valence-corrected chi connectivity index (χ3v) is 4.11. The predicted molar refractivity (Wildman–Crippen MR) is 73.4 cm³/mol. The molecule has 0 radical (unpaired) electrons. The average Bonchev–Trinajstić information content (AvgIpc) is 3.15. The quantitative estimate of drug-likeness (QED) is 0.811. The number of carboxylic acid groups (broad SMARTS) is 1. The lowest BCUT2D eigenvalue weighted by Crippen LogP contribution is -2.46. The largest absolute Gasteiger partial charge is 0.480 e. The summed E-state index contributed by atoms with van der Waals surface area (Å²) in [6.45, 7) is 3.18. The highest BCUT2D eigenvalue weighted by molar-refractivity contribution is 5.80. The molecule has 0 spiro atoms. The van der Waals surface area contributed by atoms with Crippen LogP contribution in [0.15, 0.2) is 0 Å². The van der Waals surface area contributed by atoms with Crippen LogP contribution in [0.3, 0.4) is 0 Å². The van der Waals surface area contributed by atoms with E-state index in [0.717, 1.165) is 19.3 Å². The Morgan fingerprint density at radius 2 is 2.00 bits per heavy atom. The van der Waals surface area contributed by atoms with Crippen molar-refractivity contribution in [2.75, 3.05) is 26.2 Å². The maximum Gasteiger partial charge on any atom is 0.323 e. The van der Waals surface area contributed by atoms with Crippen LogP contribution in [-0.2, 0) is 4.79 Å². The third-order valence-electron chi connectivity index (χ3n) is 4.11. The van der Waals surface area contributed by atoms with Crippen molar-refractivity contribution in [3.63, 3.8) is 0 Å². The minimum absolute atomic E-state index is 0.197. The molecule has 0 aromatic carbocycles. The first-order valence-electron chi connectivity index (χ1n) is 7.35. The fraction of sp³-hybridized carbons (Fsp3) is 0.857. The molecule has 1 aliphatic heterocycles. The standard InChI is InChI=1S/C14H24N2O4/c1-14(20)5-2-7-15(8-6-14)13(19)16(10-12(17)18)9-11-3-4-11/h11,20H,2-10H2,1H3,(H,17,18). The van der Waals surface area contributed by atoms with Gasteiger partial charge in [0.1, 0.15) is 6.54 Å². The molecule has 0 aromatic rings. The maximum absolute atomic E-state index is 12.5. The normalized spacial score (nSPS) is 27.0. The van der Waals surface area contributed by atoms with Crippen LogP contribution < -0.4 is 0 Å². The van der Waals surface area contributed by atoms with Crippen LogP contribution in [0.25, 0.3) is 0 Å². The number of aliphatic hydroxyl groups is 1. The summed E-state index contributed by atoms with van der Waals surface area (Å²) in [6, 6.07) is -0.197. The lowest BCUT2D eigenvalue weighted by atomic mass is 9.98. The molecule has 2 rings (SSSR count). The van der Waals surface area contributed by atoms with E-state index < -0.39 is 11.6 Å². The fourth-order valence-electron chi connectivity index (χ4n) is 2.64. The van der Waals surface area contributed by atoms with E-state index in [-0.39, 0.29) is 12.6 Å². The number of hydrogen-bond acceptors (Lipinski definition) is 3. The van der Waals surface area contributed by atoms with Crippen molar-refractivity contribution >= 4 is 12.0 Å². The summed E-state index contributed by atoms with van der Waals surface area (Å²) in [6.07, 6.45) is 4.14. The Hall–Kier alpha value is -1.30. The molecular formula is C14H24N2O4. The summed E-state index contributed by atoms with van der Waals surface area (Å²) < 4.78 is 0. The van der Waals surface area contributed by atoms with Crippen LogP contribution in [0.1, 0.15) is 39.0 Å². The van der Waals surface area contributed by atoms with Crippen LogP contribution in [0.5, 0.6) is 0 Å². The average molecular weight is 284 g/mol. The highest BCUT2D eigenvalue weighted by atomic mass is 16.4. The summed E-state index contributed by atoms with van der Waals surface area (Å²) in [5.41, 5.74) is -0.719. The molecule has 1 heterocycles. The molecule has 1 atom stereocenters. The van der Waals surface area contributed by atoms with E-state index in [1.54, 1.807) is 11.8 Å². The van der Waals surface area contributed by atoms with Gasteiger partial charge < -0.3 is 20.0 Å². The molecule has 6 heteroatoms. The lowest BCUT2D eigenvalue weighted by Gasteiger charge is -2.29. The second-order valence-electron chi connectivity index (χ2n) is 6.34. The number of rotatable bonds is 4. The molecule has 20 heavy (non-hydrogen) atoms. The Labute approximate surface area is 119 Å². The van der Waals surface area contributed by atoms with E-state index in [2.05, 4.69) is 0 Å². The van der Waals surface area contributed by atoms with Gasteiger partial charge in [0, 0.05) is 19.6 Å². The predicted octanol–water partition coefficient (Wildman–Crippen LogP) is 1.14. The highest BCUT2D eigenvalue weighted by Gasteiger charge is 2.32. The summed E-state index contributed by atoms with van der Waals surface area (Å²) >= 11 is 0. The number of nitrogens with zero attached hydrogens (tertiary/aromatic N) is 2. The lowest BCUT2D eigenvalue weighted by molar-refractivity contribution is -0.137. The summed E-state index contributed by atoms with van der Waals surface area (Å²) in [7, 11) is 0. The third kappa shape index (κ3) is 4.37. The maximum atomic E-state index is 12.5. The minimum atomic E-state index is -0.971. The van der Waals surface area contributed by atoms with E-state index >= 15 is 0 Å². The zero-order valence-corrected chi connectivity index (χ0v) is 12.0. The van der Waals surface area contributed by atoms with Crippen LogP contribution in [-0.4, -0.2) is 63.8 Å². The zero-order valence-electron chi connectivity index (χ0n) is 12.0. The van der Waals surface area contributed by atoms with Gasteiger partial charge in [-0.1, -0.05) is 0 Å². The van der Waals surface area contributed by atoms with E-state index in [0.29, 0.717) is 38.4 Å². The van der Waals surface area contributed by atoms with Gasteiger partial charge in [-0.3, -0.25) is 4.79 Å². The number of urea groups is 1. The molecule has 1 saturated carbocycles. The molecule has 2 aliphatic rings. The molecule has 2 fully saturated rings. The van der Waals surface area contributed by atoms with Crippen molar-refractivity contribution in [1.29, 1.82) is 0 Å². The number of carbonyl (C=O) groups excluding carboxylic acids is 1. The van der Waals surface area contributed by atoms with Crippen LogP contribution >= 0.6 is 0 Å². The Balaban J connectivity index is 1.96. The molecule has 114 valence electrons. The first-order valence-corrected chi connectivity index (χ1v) is 7.35. The summed E-state index contributed by atoms with van der Waals surface area (Å²) in [4.78, 5) is 26.5. The summed E-state index contributed by atoms with van der Waals surface area (Å²) in [5.74, 6) is -0.505. The van der Waals surface area contributed by atoms with Crippen molar-refractivity contribution in [2.24, 2.45) is 5.92 Å². The zero-order chi connectivity index (χ0) is 14.8. The number of aliphatic carboxylic acids is 1. The molecule has 1 aliphatic carbocycles. The second-order valence-corrected chi connectivity index (χ2v) is 6.34. The smallest absolute Gasteiger partial charge is 0.323 e. The number of carboxylic acids is 1. The number of carbonyl (C=O) groups is 2. The Kier molecular flexibility index (Phi) is 4.52. The Morgan fingerprint density at radius 3 is 2.60 bits per heavy atom. The van der Waals surface area contributed by atoms with Gasteiger partial charge >= 0.3 is 12.0 Å².